The van der Waals surface area contributed by atoms with Gasteiger partial charge in [0, 0.05) is 30.5 Å². The highest BCUT2D eigenvalue weighted by Crippen LogP contribution is 2.34. The number of hydrogen-bond donors (Lipinski definition) is 2. The Hall–Kier alpha value is -3.07. The lowest BCUT2D eigenvalue weighted by Crippen LogP contribution is -2.45. The van der Waals surface area contributed by atoms with E-state index < -0.39 is 0 Å². The molecular formula is C26H31FN4O. The molecule has 0 unspecified atom stereocenters. The minimum atomic E-state index is -0.314. The van der Waals surface area contributed by atoms with Gasteiger partial charge in [0.25, 0.3) is 0 Å². The summed E-state index contributed by atoms with van der Waals surface area (Å²) in [6.07, 6.45) is 8.02. The number of carbonyl (C=O) groups excluding carboxylic acids is 1. The number of halogens is 1. The highest BCUT2D eigenvalue weighted by molar-refractivity contribution is 5.89. The maximum absolute atomic E-state index is 13.1. The van der Waals surface area contributed by atoms with E-state index in [1.165, 1.54) is 37.1 Å². The number of amides is 2. The number of benzene rings is 2. The first kappa shape index (κ1) is 22.1. The lowest BCUT2D eigenvalue weighted by molar-refractivity contribution is 0.203. The molecule has 1 saturated carbocycles. The quantitative estimate of drug-likeness (QED) is 0.636. The van der Waals surface area contributed by atoms with Gasteiger partial charge in [0.1, 0.15) is 5.82 Å². The third-order valence-corrected chi connectivity index (χ3v) is 6.84. The second-order valence-corrected chi connectivity index (χ2v) is 9.11. The molecule has 5 nitrogen and oxygen atoms in total. The molecule has 168 valence electrons. The number of nitriles is 1. The molecule has 3 atom stereocenters. The zero-order valence-electron chi connectivity index (χ0n) is 18.4. The predicted octanol–water partition coefficient (Wildman–Crippen LogP) is 5.68. The number of piperidine rings is 1. The summed E-state index contributed by atoms with van der Waals surface area (Å²) in [6.45, 7) is 2.08. The summed E-state index contributed by atoms with van der Waals surface area (Å²) in [4.78, 5) is 15.0. The van der Waals surface area contributed by atoms with E-state index in [1.54, 1.807) is 12.1 Å². The Balaban J connectivity index is 1.33. The van der Waals surface area contributed by atoms with Gasteiger partial charge in [-0.1, -0.05) is 12.8 Å². The van der Waals surface area contributed by atoms with Crippen LogP contribution < -0.4 is 15.5 Å². The number of rotatable bonds is 5. The summed E-state index contributed by atoms with van der Waals surface area (Å²) in [6, 6.07) is 15.9. The minimum Gasteiger partial charge on any atom is -0.371 e. The van der Waals surface area contributed by atoms with E-state index in [-0.39, 0.29) is 17.9 Å². The Morgan fingerprint density at radius 2 is 1.78 bits per heavy atom. The number of nitrogens with zero attached hydrogens (tertiary/aromatic N) is 2. The average molecular weight is 435 g/mol. The maximum Gasteiger partial charge on any atom is 0.319 e. The van der Waals surface area contributed by atoms with Gasteiger partial charge >= 0.3 is 6.03 Å². The third-order valence-electron chi connectivity index (χ3n) is 6.84. The van der Waals surface area contributed by atoms with Gasteiger partial charge in [-0.3, -0.25) is 0 Å². The normalized spacial score (nSPS) is 23.2. The number of anilines is 2. The number of hydrogen-bond acceptors (Lipinski definition) is 3. The van der Waals surface area contributed by atoms with Gasteiger partial charge in [0.05, 0.1) is 11.6 Å². The maximum atomic E-state index is 13.1. The highest BCUT2D eigenvalue weighted by Gasteiger charge is 2.30. The van der Waals surface area contributed by atoms with E-state index in [1.807, 2.05) is 24.3 Å². The predicted molar refractivity (Wildman–Crippen MR) is 125 cm³/mol. The van der Waals surface area contributed by atoms with E-state index in [9.17, 15) is 9.18 Å². The van der Waals surface area contributed by atoms with Crippen LogP contribution in [0.1, 0.15) is 50.5 Å². The molecule has 2 aromatic rings. The van der Waals surface area contributed by atoms with Crippen molar-refractivity contribution in [2.75, 3.05) is 23.3 Å². The van der Waals surface area contributed by atoms with E-state index in [0.29, 0.717) is 23.1 Å². The fourth-order valence-corrected chi connectivity index (χ4v) is 5.22. The molecule has 2 fully saturated rings. The van der Waals surface area contributed by atoms with Crippen LogP contribution in [-0.2, 0) is 0 Å². The molecule has 0 bridgehead atoms. The summed E-state index contributed by atoms with van der Waals surface area (Å²) in [5.74, 6) is 0.770. The lowest BCUT2D eigenvalue weighted by Gasteiger charge is -2.39. The summed E-state index contributed by atoms with van der Waals surface area (Å²) >= 11 is 0. The van der Waals surface area contributed by atoms with Crippen molar-refractivity contribution in [3.05, 3.63) is 59.9 Å². The van der Waals surface area contributed by atoms with E-state index >= 15 is 0 Å². The smallest absolute Gasteiger partial charge is 0.319 e. The Bertz CT molecular complexity index is 938. The van der Waals surface area contributed by atoms with Crippen molar-refractivity contribution in [2.24, 2.45) is 11.8 Å². The zero-order valence-corrected chi connectivity index (χ0v) is 18.4. The van der Waals surface area contributed by atoms with Crippen LogP contribution in [0.3, 0.4) is 0 Å². The number of urea groups is 1. The van der Waals surface area contributed by atoms with Gasteiger partial charge in [0.15, 0.2) is 0 Å². The van der Waals surface area contributed by atoms with Crippen molar-refractivity contribution in [2.45, 2.75) is 51.0 Å². The van der Waals surface area contributed by atoms with Crippen molar-refractivity contribution in [3.63, 3.8) is 0 Å². The summed E-state index contributed by atoms with van der Waals surface area (Å²) in [5, 5.41) is 15.1. The number of nitrogens with one attached hydrogen (secondary N) is 2. The molecule has 0 spiro atoms. The Kier molecular flexibility index (Phi) is 7.26. The van der Waals surface area contributed by atoms with Crippen molar-refractivity contribution >= 4 is 17.4 Å². The molecular weight excluding hydrogens is 403 g/mol. The first-order valence-corrected chi connectivity index (χ1v) is 11.7. The second-order valence-electron chi connectivity index (χ2n) is 9.11. The molecule has 2 N–H and O–H groups in total. The zero-order chi connectivity index (χ0) is 22.3. The molecule has 1 aliphatic carbocycles. The van der Waals surface area contributed by atoms with Gasteiger partial charge < -0.3 is 15.5 Å². The Morgan fingerprint density at radius 1 is 1.03 bits per heavy atom. The molecule has 1 saturated heterocycles. The standard InChI is InChI=1S/C26H31FN4O/c27-22-9-11-23(12-10-22)29-26(32)30-25-6-2-1-5-21(25)16-20-4-3-15-31(18-20)24-13-7-19(17-28)8-14-24/h7-14,20-21,25H,1-6,15-16,18H2,(H2,29,30,32)/t20-,21+,25-/m1/s1. The lowest BCUT2D eigenvalue weighted by atomic mass is 9.77. The monoisotopic (exact) mass is 434 g/mol. The summed E-state index contributed by atoms with van der Waals surface area (Å²) < 4.78 is 13.1. The highest BCUT2D eigenvalue weighted by atomic mass is 19.1. The van der Waals surface area contributed by atoms with Gasteiger partial charge in [-0.15, -0.1) is 0 Å². The van der Waals surface area contributed by atoms with Crippen molar-refractivity contribution in [1.29, 1.82) is 5.26 Å². The van der Waals surface area contributed by atoms with Crippen LogP contribution in [0.2, 0.25) is 0 Å². The van der Waals surface area contributed by atoms with Crippen LogP contribution in [-0.4, -0.2) is 25.2 Å². The van der Waals surface area contributed by atoms with Gasteiger partial charge in [-0.05, 0) is 92.5 Å². The van der Waals surface area contributed by atoms with Crippen LogP contribution in [0.5, 0.6) is 0 Å². The molecule has 1 heterocycles. The second kappa shape index (κ2) is 10.5. The molecule has 0 radical (unpaired) electrons. The average Bonchev–Trinajstić information content (AvgIpc) is 2.82. The van der Waals surface area contributed by atoms with E-state index in [4.69, 9.17) is 5.26 Å². The van der Waals surface area contributed by atoms with Gasteiger partial charge in [-0.25, -0.2) is 9.18 Å². The molecule has 32 heavy (non-hydrogen) atoms. The van der Waals surface area contributed by atoms with Crippen molar-refractivity contribution in [1.82, 2.24) is 5.32 Å². The van der Waals surface area contributed by atoms with E-state index in [0.717, 1.165) is 38.8 Å². The molecule has 6 heteroatoms. The van der Waals surface area contributed by atoms with Crippen molar-refractivity contribution in [3.8, 4) is 6.07 Å². The summed E-state index contributed by atoms with van der Waals surface area (Å²) in [7, 11) is 0. The molecule has 2 amide bonds. The van der Waals surface area contributed by atoms with Gasteiger partial charge in [-0.2, -0.15) is 5.26 Å². The van der Waals surface area contributed by atoms with Crippen LogP contribution in [0.15, 0.2) is 48.5 Å². The fraction of sp³-hybridized carbons (Fsp3) is 0.462. The fourth-order valence-electron chi connectivity index (χ4n) is 5.22. The SMILES string of the molecule is N#Cc1ccc(N2CCC[C@H](C[C@@H]3CCCC[C@H]3NC(=O)Nc3ccc(F)cc3)C2)cc1. The minimum absolute atomic E-state index is 0.175. The van der Waals surface area contributed by atoms with Crippen LogP contribution in [0.25, 0.3) is 0 Å². The molecule has 2 aliphatic rings. The Labute approximate surface area is 189 Å². The molecule has 2 aromatic carbocycles. The van der Waals surface area contributed by atoms with E-state index in [2.05, 4.69) is 21.6 Å². The topological polar surface area (TPSA) is 68.2 Å². The molecule has 1 aliphatic heterocycles. The van der Waals surface area contributed by atoms with Crippen LogP contribution in [0, 0.1) is 29.0 Å². The van der Waals surface area contributed by atoms with Crippen molar-refractivity contribution < 1.29 is 9.18 Å². The molecule has 0 aromatic heterocycles. The first-order valence-electron chi connectivity index (χ1n) is 11.7. The third kappa shape index (κ3) is 5.79. The van der Waals surface area contributed by atoms with Crippen LogP contribution in [0.4, 0.5) is 20.6 Å². The van der Waals surface area contributed by atoms with Crippen LogP contribution >= 0.6 is 0 Å². The van der Waals surface area contributed by atoms with Gasteiger partial charge in [0.2, 0.25) is 0 Å². The largest absolute Gasteiger partial charge is 0.371 e. The first-order chi connectivity index (χ1) is 15.6. The Morgan fingerprint density at radius 3 is 2.53 bits per heavy atom. The summed E-state index contributed by atoms with van der Waals surface area (Å²) in [5.41, 5.74) is 2.48. The molecule has 4 rings (SSSR count). The number of carbonyl (C=O) groups is 1.